The van der Waals surface area contributed by atoms with E-state index in [0.29, 0.717) is 6.54 Å². The Hall–Kier alpha value is -2.00. The molecule has 2 aromatic carbocycles. The maximum absolute atomic E-state index is 5.55. The van der Waals surface area contributed by atoms with Crippen LogP contribution in [0.2, 0.25) is 0 Å². The summed E-state index contributed by atoms with van der Waals surface area (Å²) < 4.78 is 10.6. The van der Waals surface area contributed by atoms with Gasteiger partial charge in [-0.3, -0.25) is 0 Å². The molecule has 0 bridgehead atoms. The van der Waals surface area contributed by atoms with Crippen LogP contribution < -0.4 is 15.2 Å². The molecule has 0 atom stereocenters. The molecule has 100 valence electrons. The molecule has 0 radical (unpaired) electrons. The van der Waals surface area contributed by atoms with Gasteiger partial charge in [0, 0.05) is 0 Å². The van der Waals surface area contributed by atoms with E-state index in [1.54, 1.807) is 14.2 Å². The molecule has 0 aliphatic carbocycles. The van der Waals surface area contributed by atoms with Gasteiger partial charge in [0.15, 0.2) is 11.5 Å². The van der Waals surface area contributed by atoms with Crippen molar-refractivity contribution in [2.75, 3.05) is 20.8 Å². The molecule has 0 heterocycles. The van der Waals surface area contributed by atoms with Crippen molar-refractivity contribution in [1.82, 2.24) is 0 Å². The molecular weight excluding hydrogens is 238 g/mol. The second-order valence-electron chi connectivity index (χ2n) is 4.31. The van der Waals surface area contributed by atoms with E-state index >= 15 is 0 Å². The number of rotatable bonds is 5. The van der Waals surface area contributed by atoms with Crippen LogP contribution in [0.4, 0.5) is 0 Å². The fraction of sp³-hybridized carbons (Fsp3) is 0.250. The van der Waals surface area contributed by atoms with Gasteiger partial charge >= 0.3 is 0 Å². The van der Waals surface area contributed by atoms with Crippen molar-refractivity contribution in [3.05, 3.63) is 48.0 Å². The predicted molar refractivity (Wildman–Crippen MR) is 77.7 cm³/mol. The van der Waals surface area contributed by atoms with Gasteiger partial charge in [-0.1, -0.05) is 30.3 Å². The van der Waals surface area contributed by atoms with Crippen molar-refractivity contribution >= 4 is 0 Å². The Balaban J connectivity index is 2.30. The monoisotopic (exact) mass is 257 g/mol. The smallest absolute Gasteiger partial charge is 0.161 e. The van der Waals surface area contributed by atoms with Gasteiger partial charge in [0.05, 0.1) is 14.2 Å². The summed E-state index contributed by atoms with van der Waals surface area (Å²) in [6, 6.07) is 14.4. The topological polar surface area (TPSA) is 44.5 Å². The third kappa shape index (κ3) is 3.06. The van der Waals surface area contributed by atoms with Crippen molar-refractivity contribution in [2.45, 2.75) is 6.42 Å². The summed E-state index contributed by atoms with van der Waals surface area (Å²) in [5.41, 5.74) is 9.07. The van der Waals surface area contributed by atoms with Crippen LogP contribution in [-0.4, -0.2) is 20.8 Å². The minimum Gasteiger partial charge on any atom is -0.493 e. The Morgan fingerprint density at radius 2 is 1.47 bits per heavy atom. The van der Waals surface area contributed by atoms with Gasteiger partial charge in [-0.25, -0.2) is 0 Å². The molecule has 0 saturated carbocycles. The molecule has 0 unspecified atom stereocenters. The lowest BCUT2D eigenvalue weighted by atomic mass is 10.0. The van der Waals surface area contributed by atoms with Crippen molar-refractivity contribution < 1.29 is 9.47 Å². The van der Waals surface area contributed by atoms with Crippen LogP contribution >= 0.6 is 0 Å². The fourth-order valence-corrected chi connectivity index (χ4v) is 2.05. The molecule has 0 fully saturated rings. The van der Waals surface area contributed by atoms with E-state index < -0.39 is 0 Å². The molecule has 2 N–H and O–H groups in total. The first kappa shape index (κ1) is 13.4. The molecule has 2 rings (SSSR count). The van der Waals surface area contributed by atoms with Crippen LogP contribution in [0.3, 0.4) is 0 Å². The van der Waals surface area contributed by atoms with E-state index in [2.05, 4.69) is 24.3 Å². The highest BCUT2D eigenvalue weighted by atomic mass is 16.5. The van der Waals surface area contributed by atoms with Crippen LogP contribution in [-0.2, 0) is 6.42 Å². The second kappa shape index (κ2) is 6.25. The van der Waals surface area contributed by atoms with E-state index in [1.165, 1.54) is 5.56 Å². The van der Waals surface area contributed by atoms with E-state index in [1.807, 2.05) is 18.2 Å². The number of hydrogen-bond acceptors (Lipinski definition) is 3. The summed E-state index contributed by atoms with van der Waals surface area (Å²) in [5.74, 6) is 1.48. The van der Waals surface area contributed by atoms with Crippen LogP contribution in [0.25, 0.3) is 11.1 Å². The Morgan fingerprint density at radius 3 is 2.05 bits per heavy atom. The number of nitrogens with two attached hydrogens (primary N) is 1. The highest BCUT2D eigenvalue weighted by molar-refractivity contribution is 5.67. The Labute approximate surface area is 114 Å². The molecule has 0 amide bonds. The summed E-state index contributed by atoms with van der Waals surface area (Å²) >= 11 is 0. The van der Waals surface area contributed by atoms with Crippen LogP contribution in [0.15, 0.2) is 42.5 Å². The predicted octanol–water partition coefficient (Wildman–Crippen LogP) is 2.87. The van der Waals surface area contributed by atoms with Crippen molar-refractivity contribution in [3.63, 3.8) is 0 Å². The Bertz CT molecular complexity index is 535. The van der Waals surface area contributed by atoms with E-state index in [-0.39, 0.29) is 0 Å². The lowest BCUT2D eigenvalue weighted by molar-refractivity contribution is 0.355. The maximum atomic E-state index is 5.55. The van der Waals surface area contributed by atoms with Gasteiger partial charge in [0.1, 0.15) is 0 Å². The Morgan fingerprint density at radius 1 is 0.842 bits per heavy atom. The average molecular weight is 257 g/mol. The molecule has 0 saturated heterocycles. The lowest BCUT2D eigenvalue weighted by Gasteiger charge is -2.10. The zero-order valence-corrected chi connectivity index (χ0v) is 11.3. The molecule has 0 spiro atoms. The number of benzene rings is 2. The van der Waals surface area contributed by atoms with Crippen molar-refractivity contribution in [2.24, 2.45) is 5.73 Å². The first-order chi connectivity index (χ1) is 9.28. The second-order valence-corrected chi connectivity index (χ2v) is 4.31. The van der Waals surface area contributed by atoms with E-state index in [0.717, 1.165) is 29.0 Å². The molecule has 3 nitrogen and oxygen atoms in total. The average Bonchev–Trinajstić information content (AvgIpc) is 2.47. The molecular formula is C16H19NO2. The highest BCUT2D eigenvalue weighted by Crippen LogP contribution is 2.32. The first-order valence-corrected chi connectivity index (χ1v) is 6.30. The normalized spacial score (nSPS) is 10.3. The quantitative estimate of drug-likeness (QED) is 0.895. The first-order valence-electron chi connectivity index (χ1n) is 6.30. The van der Waals surface area contributed by atoms with E-state index in [4.69, 9.17) is 15.2 Å². The van der Waals surface area contributed by atoms with Crippen molar-refractivity contribution in [3.8, 4) is 22.6 Å². The standard InChI is InChI=1S/C16H19NO2/c1-18-15-8-7-14(11-16(15)19-2)13-5-3-12(4-6-13)9-10-17/h3-8,11H,9-10,17H2,1-2H3. The van der Waals surface area contributed by atoms with Crippen LogP contribution in [0.1, 0.15) is 5.56 Å². The van der Waals surface area contributed by atoms with Gasteiger partial charge in [-0.2, -0.15) is 0 Å². The highest BCUT2D eigenvalue weighted by Gasteiger charge is 2.06. The SMILES string of the molecule is COc1ccc(-c2ccc(CCN)cc2)cc1OC. The number of ether oxygens (including phenoxy) is 2. The van der Waals surface area contributed by atoms with Crippen molar-refractivity contribution in [1.29, 1.82) is 0 Å². The summed E-state index contributed by atoms with van der Waals surface area (Å²) in [6.45, 7) is 0.676. The van der Waals surface area contributed by atoms with E-state index in [9.17, 15) is 0 Å². The Kier molecular flexibility index (Phi) is 4.42. The third-order valence-electron chi connectivity index (χ3n) is 3.10. The van der Waals surface area contributed by atoms with Crippen LogP contribution in [0.5, 0.6) is 11.5 Å². The third-order valence-corrected chi connectivity index (χ3v) is 3.10. The fourth-order valence-electron chi connectivity index (χ4n) is 2.05. The lowest BCUT2D eigenvalue weighted by Crippen LogP contribution is -2.02. The van der Waals surface area contributed by atoms with Gasteiger partial charge in [0.2, 0.25) is 0 Å². The molecule has 3 heteroatoms. The maximum Gasteiger partial charge on any atom is 0.161 e. The van der Waals surface area contributed by atoms with Crippen LogP contribution in [0, 0.1) is 0 Å². The van der Waals surface area contributed by atoms with Gasteiger partial charge < -0.3 is 15.2 Å². The summed E-state index contributed by atoms with van der Waals surface area (Å²) in [6.07, 6.45) is 0.909. The summed E-state index contributed by atoms with van der Waals surface area (Å²) in [4.78, 5) is 0. The summed E-state index contributed by atoms with van der Waals surface area (Å²) in [5, 5.41) is 0. The molecule has 19 heavy (non-hydrogen) atoms. The molecule has 0 aromatic heterocycles. The zero-order chi connectivity index (χ0) is 13.7. The minimum absolute atomic E-state index is 0.676. The van der Waals surface area contributed by atoms with Gasteiger partial charge in [-0.05, 0) is 41.8 Å². The molecule has 2 aromatic rings. The van der Waals surface area contributed by atoms with Gasteiger partial charge in [-0.15, -0.1) is 0 Å². The van der Waals surface area contributed by atoms with Gasteiger partial charge in [0.25, 0.3) is 0 Å². The largest absolute Gasteiger partial charge is 0.493 e. The zero-order valence-electron chi connectivity index (χ0n) is 11.3. The minimum atomic E-state index is 0.676. The number of methoxy groups -OCH3 is 2. The molecule has 0 aliphatic heterocycles. The number of hydrogen-bond donors (Lipinski definition) is 1. The molecule has 0 aliphatic rings. The summed E-state index contributed by atoms with van der Waals surface area (Å²) in [7, 11) is 3.28.